The van der Waals surface area contributed by atoms with Gasteiger partial charge in [-0.2, -0.15) is 5.10 Å². The van der Waals surface area contributed by atoms with E-state index in [0.717, 1.165) is 5.69 Å². The molecule has 0 atom stereocenters. The van der Waals surface area contributed by atoms with Crippen molar-refractivity contribution in [2.24, 2.45) is 5.92 Å². The zero-order valence-corrected chi connectivity index (χ0v) is 10.1. The molecule has 0 saturated heterocycles. The van der Waals surface area contributed by atoms with Gasteiger partial charge in [0.25, 0.3) is 5.56 Å². The predicted octanol–water partition coefficient (Wildman–Crippen LogP) is 0.958. The lowest BCUT2D eigenvalue weighted by Gasteiger charge is -2.08. The fraction of sp³-hybridized carbons (Fsp3) is 0.636. The van der Waals surface area contributed by atoms with E-state index < -0.39 is 0 Å². The Balaban J connectivity index is 2.45. The molecule has 0 saturated carbocycles. The summed E-state index contributed by atoms with van der Waals surface area (Å²) in [5.41, 5.74) is 0.615. The minimum Gasteiger partial charge on any atom is -0.387 e. The van der Waals surface area contributed by atoms with Crippen molar-refractivity contribution in [2.45, 2.75) is 20.4 Å². The summed E-state index contributed by atoms with van der Waals surface area (Å²) in [6.07, 6.45) is 1.63. The van der Waals surface area contributed by atoms with Crippen LogP contribution in [0.25, 0.3) is 0 Å². The molecule has 1 heterocycles. The summed E-state index contributed by atoms with van der Waals surface area (Å²) in [6, 6.07) is 1.52. The van der Waals surface area contributed by atoms with Crippen LogP contribution < -0.4 is 10.9 Å². The van der Waals surface area contributed by atoms with Crippen LogP contribution in [0.1, 0.15) is 13.8 Å². The Kier molecular flexibility index (Phi) is 4.98. The number of rotatable bonds is 6. The van der Waals surface area contributed by atoms with Crippen LogP contribution in [0.2, 0.25) is 0 Å². The first kappa shape index (κ1) is 12.7. The highest BCUT2D eigenvalue weighted by Crippen LogP contribution is 1.97. The van der Waals surface area contributed by atoms with Gasteiger partial charge in [-0.05, 0) is 5.92 Å². The van der Waals surface area contributed by atoms with Crippen LogP contribution in [-0.4, -0.2) is 30.0 Å². The summed E-state index contributed by atoms with van der Waals surface area (Å²) in [7, 11) is 1.76. The molecular weight excluding hydrogens is 206 g/mol. The van der Waals surface area contributed by atoms with Gasteiger partial charge in [-0.1, -0.05) is 13.8 Å². The van der Waals surface area contributed by atoms with Crippen LogP contribution in [0, 0.1) is 5.92 Å². The fourth-order valence-corrected chi connectivity index (χ4v) is 1.21. The highest BCUT2D eigenvalue weighted by atomic mass is 16.5. The third-order valence-corrected chi connectivity index (χ3v) is 2.06. The van der Waals surface area contributed by atoms with Gasteiger partial charge < -0.3 is 10.1 Å². The first-order valence-electron chi connectivity index (χ1n) is 5.46. The molecule has 1 rings (SSSR count). The van der Waals surface area contributed by atoms with E-state index in [0.29, 0.717) is 25.7 Å². The van der Waals surface area contributed by atoms with E-state index in [2.05, 4.69) is 24.3 Å². The van der Waals surface area contributed by atoms with E-state index in [1.54, 1.807) is 13.2 Å². The molecule has 0 aromatic carbocycles. The van der Waals surface area contributed by atoms with Crippen molar-refractivity contribution in [1.29, 1.82) is 0 Å². The van der Waals surface area contributed by atoms with E-state index in [9.17, 15) is 4.79 Å². The van der Waals surface area contributed by atoms with Crippen molar-refractivity contribution in [3.05, 3.63) is 22.6 Å². The van der Waals surface area contributed by atoms with Crippen molar-refractivity contribution in [2.75, 3.05) is 25.6 Å². The third-order valence-electron chi connectivity index (χ3n) is 2.06. The summed E-state index contributed by atoms with van der Waals surface area (Å²) >= 11 is 0. The van der Waals surface area contributed by atoms with Gasteiger partial charge >= 0.3 is 0 Å². The van der Waals surface area contributed by atoms with Crippen LogP contribution in [0.15, 0.2) is 17.1 Å². The Labute approximate surface area is 95.4 Å². The maximum atomic E-state index is 11.5. The standard InChI is InChI=1S/C11H19N3O2/c1-9(2)8-16-5-4-14-11(15)6-10(12-3)7-13-14/h6-7,9,12H,4-5,8H2,1-3H3. The lowest BCUT2D eigenvalue weighted by Crippen LogP contribution is -2.24. The average Bonchev–Trinajstić information content (AvgIpc) is 2.25. The molecule has 0 aliphatic rings. The van der Waals surface area contributed by atoms with Gasteiger partial charge in [0.1, 0.15) is 0 Å². The average molecular weight is 225 g/mol. The molecule has 0 radical (unpaired) electrons. The topological polar surface area (TPSA) is 56.1 Å². The zero-order valence-electron chi connectivity index (χ0n) is 10.1. The quantitative estimate of drug-likeness (QED) is 0.733. The predicted molar refractivity (Wildman–Crippen MR) is 63.7 cm³/mol. The van der Waals surface area contributed by atoms with E-state index in [4.69, 9.17) is 4.74 Å². The molecule has 1 aromatic rings. The van der Waals surface area contributed by atoms with Crippen molar-refractivity contribution in [1.82, 2.24) is 9.78 Å². The highest BCUT2D eigenvalue weighted by molar-refractivity contribution is 5.37. The van der Waals surface area contributed by atoms with Crippen molar-refractivity contribution < 1.29 is 4.74 Å². The second-order valence-electron chi connectivity index (χ2n) is 4.02. The van der Waals surface area contributed by atoms with Crippen molar-refractivity contribution in [3.63, 3.8) is 0 Å². The minimum absolute atomic E-state index is 0.111. The summed E-state index contributed by atoms with van der Waals surface area (Å²) in [6.45, 7) is 5.90. The lowest BCUT2D eigenvalue weighted by atomic mass is 10.2. The van der Waals surface area contributed by atoms with Gasteiger partial charge in [-0.15, -0.1) is 0 Å². The van der Waals surface area contributed by atoms with E-state index in [-0.39, 0.29) is 5.56 Å². The molecule has 0 aliphatic carbocycles. The largest absolute Gasteiger partial charge is 0.387 e. The van der Waals surface area contributed by atoms with Gasteiger partial charge in [0.15, 0.2) is 0 Å². The second-order valence-corrected chi connectivity index (χ2v) is 4.02. The maximum Gasteiger partial charge on any atom is 0.268 e. The minimum atomic E-state index is -0.111. The van der Waals surface area contributed by atoms with Gasteiger partial charge in [0.2, 0.25) is 0 Å². The number of nitrogens with zero attached hydrogens (tertiary/aromatic N) is 2. The Bertz CT molecular complexity index is 374. The van der Waals surface area contributed by atoms with E-state index in [1.165, 1.54) is 10.7 Å². The molecule has 0 spiro atoms. The second kappa shape index (κ2) is 6.27. The highest BCUT2D eigenvalue weighted by Gasteiger charge is 1.99. The molecule has 0 aliphatic heterocycles. The van der Waals surface area contributed by atoms with E-state index >= 15 is 0 Å². The van der Waals surface area contributed by atoms with Crippen LogP contribution in [0.4, 0.5) is 5.69 Å². The molecule has 0 bridgehead atoms. The molecule has 5 heteroatoms. The van der Waals surface area contributed by atoms with Crippen LogP contribution in [-0.2, 0) is 11.3 Å². The van der Waals surface area contributed by atoms with Crippen molar-refractivity contribution in [3.8, 4) is 0 Å². The third kappa shape index (κ3) is 4.02. The molecule has 1 N–H and O–H groups in total. The SMILES string of the molecule is CNc1cnn(CCOCC(C)C)c(=O)c1. The molecule has 0 unspecified atom stereocenters. The zero-order chi connectivity index (χ0) is 12.0. The number of anilines is 1. The number of hydrogen-bond donors (Lipinski definition) is 1. The molecule has 16 heavy (non-hydrogen) atoms. The van der Waals surface area contributed by atoms with Crippen LogP contribution in [0.3, 0.4) is 0 Å². The maximum absolute atomic E-state index is 11.5. The molecular formula is C11H19N3O2. The molecule has 0 amide bonds. The van der Waals surface area contributed by atoms with E-state index in [1.807, 2.05) is 0 Å². The summed E-state index contributed by atoms with van der Waals surface area (Å²) in [5.74, 6) is 0.511. The van der Waals surface area contributed by atoms with Crippen LogP contribution >= 0.6 is 0 Å². The summed E-state index contributed by atoms with van der Waals surface area (Å²) in [5, 5.41) is 6.90. The Hall–Kier alpha value is -1.36. The number of nitrogens with one attached hydrogen (secondary N) is 1. The Morgan fingerprint density at radius 2 is 2.31 bits per heavy atom. The van der Waals surface area contributed by atoms with Crippen LogP contribution in [0.5, 0.6) is 0 Å². The van der Waals surface area contributed by atoms with Crippen molar-refractivity contribution >= 4 is 5.69 Å². The summed E-state index contributed by atoms with van der Waals surface area (Å²) in [4.78, 5) is 11.5. The summed E-state index contributed by atoms with van der Waals surface area (Å²) < 4.78 is 6.80. The smallest absolute Gasteiger partial charge is 0.268 e. The first-order valence-corrected chi connectivity index (χ1v) is 5.46. The van der Waals surface area contributed by atoms with Gasteiger partial charge in [0.05, 0.1) is 25.0 Å². The first-order chi connectivity index (χ1) is 7.63. The number of hydrogen-bond acceptors (Lipinski definition) is 4. The molecule has 0 fully saturated rings. The Morgan fingerprint density at radius 3 is 2.88 bits per heavy atom. The number of ether oxygens (including phenoxy) is 1. The fourth-order valence-electron chi connectivity index (χ4n) is 1.21. The van der Waals surface area contributed by atoms with Gasteiger partial charge in [-0.3, -0.25) is 4.79 Å². The lowest BCUT2D eigenvalue weighted by molar-refractivity contribution is 0.100. The normalized spacial score (nSPS) is 10.8. The molecule has 1 aromatic heterocycles. The number of aromatic nitrogens is 2. The monoisotopic (exact) mass is 225 g/mol. The molecule has 5 nitrogen and oxygen atoms in total. The van der Waals surface area contributed by atoms with Gasteiger partial charge in [-0.25, -0.2) is 4.68 Å². The Morgan fingerprint density at radius 1 is 1.56 bits per heavy atom. The van der Waals surface area contributed by atoms with Gasteiger partial charge in [0, 0.05) is 19.7 Å². The molecule has 90 valence electrons.